The lowest BCUT2D eigenvalue weighted by atomic mass is 9.86. The first-order chi connectivity index (χ1) is 12.6. The summed E-state index contributed by atoms with van der Waals surface area (Å²) in [6, 6.07) is 8.07. The van der Waals surface area contributed by atoms with Crippen LogP contribution in [0.1, 0.15) is 44.9 Å². The SMILES string of the molecule is NC(=O)C1CCN(c2ccc(NC(=O)C[C@@H]3C[C@H]4CC[C@H]3C4)cc2)CC1. The minimum absolute atomic E-state index is 0.00987. The summed E-state index contributed by atoms with van der Waals surface area (Å²) in [7, 11) is 0. The standard InChI is InChI=1S/C21H29N3O2/c22-21(26)15-7-9-24(10-8-15)19-5-3-18(4-6-19)23-20(25)13-17-12-14-1-2-16(17)11-14/h3-6,14-17H,1-2,7-13H2,(H2,22,26)(H,23,25)/t14-,16-,17-/m0/s1. The average Bonchev–Trinajstić information content (AvgIpc) is 3.25. The Labute approximate surface area is 155 Å². The molecule has 1 aromatic rings. The zero-order valence-electron chi connectivity index (χ0n) is 15.3. The topological polar surface area (TPSA) is 75.4 Å². The Morgan fingerprint density at radius 3 is 2.35 bits per heavy atom. The number of rotatable bonds is 5. The van der Waals surface area contributed by atoms with Crippen molar-refractivity contribution in [1.82, 2.24) is 0 Å². The summed E-state index contributed by atoms with van der Waals surface area (Å²) in [6.07, 6.45) is 7.60. The Bertz CT molecular complexity index is 664. The van der Waals surface area contributed by atoms with Gasteiger partial charge in [0.15, 0.2) is 0 Å². The Morgan fingerprint density at radius 2 is 1.77 bits per heavy atom. The molecular weight excluding hydrogens is 326 g/mol. The number of hydrogen-bond donors (Lipinski definition) is 2. The van der Waals surface area contributed by atoms with Crippen LogP contribution in [0.4, 0.5) is 11.4 Å². The summed E-state index contributed by atoms with van der Waals surface area (Å²) in [5.41, 5.74) is 7.41. The molecule has 3 aliphatic rings. The van der Waals surface area contributed by atoms with Crippen molar-refractivity contribution in [2.75, 3.05) is 23.3 Å². The molecule has 1 aromatic carbocycles. The molecule has 1 saturated heterocycles. The van der Waals surface area contributed by atoms with Crippen molar-refractivity contribution in [2.45, 2.75) is 44.9 Å². The lowest BCUT2D eigenvalue weighted by Gasteiger charge is -2.32. The number of nitrogens with one attached hydrogen (secondary N) is 1. The Morgan fingerprint density at radius 1 is 1.04 bits per heavy atom. The van der Waals surface area contributed by atoms with Crippen LogP contribution in [0.15, 0.2) is 24.3 Å². The molecule has 3 fully saturated rings. The highest BCUT2D eigenvalue weighted by Gasteiger charge is 2.40. The van der Waals surface area contributed by atoms with Gasteiger partial charge in [0.25, 0.3) is 0 Å². The van der Waals surface area contributed by atoms with Gasteiger partial charge in [0, 0.05) is 36.8 Å². The predicted molar refractivity (Wildman–Crippen MR) is 103 cm³/mol. The fourth-order valence-electron chi connectivity index (χ4n) is 5.25. The number of fused-ring (bicyclic) bond motifs is 2. The molecule has 0 unspecified atom stereocenters. The van der Waals surface area contributed by atoms with Crippen molar-refractivity contribution < 1.29 is 9.59 Å². The molecular formula is C21H29N3O2. The number of carbonyl (C=O) groups excluding carboxylic acids is 2. The van der Waals surface area contributed by atoms with Crippen LogP contribution in [0.25, 0.3) is 0 Å². The van der Waals surface area contributed by atoms with Gasteiger partial charge in [0.2, 0.25) is 11.8 Å². The third-order valence-corrected chi connectivity index (χ3v) is 6.75. The molecule has 4 rings (SSSR count). The van der Waals surface area contributed by atoms with Crippen molar-refractivity contribution in [3.8, 4) is 0 Å². The second kappa shape index (κ2) is 7.29. The number of carbonyl (C=O) groups is 2. The zero-order chi connectivity index (χ0) is 18.1. The highest BCUT2D eigenvalue weighted by molar-refractivity contribution is 5.91. The van der Waals surface area contributed by atoms with E-state index >= 15 is 0 Å². The van der Waals surface area contributed by atoms with Crippen LogP contribution in [0.5, 0.6) is 0 Å². The van der Waals surface area contributed by atoms with Crippen LogP contribution < -0.4 is 16.0 Å². The lowest BCUT2D eigenvalue weighted by Crippen LogP contribution is -2.38. The summed E-state index contributed by atoms with van der Waals surface area (Å²) < 4.78 is 0. The molecule has 5 heteroatoms. The molecule has 140 valence electrons. The van der Waals surface area contributed by atoms with E-state index in [1.54, 1.807) is 0 Å². The first-order valence-corrected chi connectivity index (χ1v) is 10.0. The quantitative estimate of drug-likeness (QED) is 0.852. The Kier molecular flexibility index (Phi) is 4.88. The van der Waals surface area contributed by atoms with Crippen molar-refractivity contribution in [2.24, 2.45) is 29.4 Å². The molecule has 0 spiro atoms. The minimum atomic E-state index is -0.182. The molecule has 3 atom stereocenters. The van der Waals surface area contributed by atoms with E-state index in [-0.39, 0.29) is 17.7 Å². The highest BCUT2D eigenvalue weighted by atomic mass is 16.2. The maximum absolute atomic E-state index is 12.4. The summed E-state index contributed by atoms with van der Waals surface area (Å²) in [6.45, 7) is 1.70. The smallest absolute Gasteiger partial charge is 0.224 e. The van der Waals surface area contributed by atoms with E-state index in [0.29, 0.717) is 12.3 Å². The number of hydrogen-bond acceptors (Lipinski definition) is 3. The molecule has 3 N–H and O–H groups in total. The fourth-order valence-corrected chi connectivity index (χ4v) is 5.25. The molecule has 0 aromatic heterocycles. The number of nitrogens with two attached hydrogens (primary N) is 1. The van der Waals surface area contributed by atoms with Crippen molar-refractivity contribution >= 4 is 23.2 Å². The minimum Gasteiger partial charge on any atom is -0.371 e. The molecule has 5 nitrogen and oxygen atoms in total. The second-order valence-electron chi connectivity index (χ2n) is 8.40. The van der Waals surface area contributed by atoms with Gasteiger partial charge in [-0.15, -0.1) is 0 Å². The van der Waals surface area contributed by atoms with E-state index in [1.165, 1.54) is 25.7 Å². The molecule has 2 saturated carbocycles. The predicted octanol–water partition coefficient (Wildman–Crippen LogP) is 3.15. The molecule has 2 bridgehead atoms. The highest BCUT2D eigenvalue weighted by Crippen LogP contribution is 2.49. The number of anilines is 2. The van der Waals surface area contributed by atoms with Crippen LogP contribution in [0, 0.1) is 23.7 Å². The number of amides is 2. The third kappa shape index (κ3) is 3.71. The first kappa shape index (κ1) is 17.4. The summed E-state index contributed by atoms with van der Waals surface area (Å²) in [5.74, 6) is 2.25. The molecule has 26 heavy (non-hydrogen) atoms. The summed E-state index contributed by atoms with van der Waals surface area (Å²) >= 11 is 0. The van der Waals surface area contributed by atoms with E-state index in [1.807, 2.05) is 12.1 Å². The van der Waals surface area contributed by atoms with Crippen LogP contribution in [0.2, 0.25) is 0 Å². The van der Waals surface area contributed by atoms with Crippen LogP contribution >= 0.6 is 0 Å². The number of benzene rings is 1. The van der Waals surface area contributed by atoms with E-state index in [9.17, 15) is 9.59 Å². The van der Waals surface area contributed by atoms with Crippen molar-refractivity contribution in [1.29, 1.82) is 0 Å². The van der Waals surface area contributed by atoms with Gasteiger partial charge < -0.3 is 16.0 Å². The fraction of sp³-hybridized carbons (Fsp3) is 0.619. The normalized spacial score (nSPS) is 28.3. The average molecular weight is 355 g/mol. The van der Waals surface area contributed by atoms with Gasteiger partial charge in [-0.2, -0.15) is 0 Å². The van der Waals surface area contributed by atoms with Gasteiger partial charge in [0.1, 0.15) is 0 Å². The Hall–Kier alpha value is -2.04. The van der Waals surface area contributed by atoms with Crippen LogP contribution in [0.3, 0.4) is 0 Å². The van der Waals surface area contributed by atoms with Gasteiger partial charge in [-0.1, -0.05) is 6.42 Å². The van der Waals surface area contributed by atoms with E-state index in [4.69, 9.17) is 5.73 Å². The van der Waals surface area contributed by atoms with E-state index < -0.39 is 0 Å². The number of piperidine rings is 1. The monoisotopic (exact) mass is 355 g/mol. The van der Waals surface area contributed by atoms with Crippen molar-refractivity contribution in [3.63, 3.8) is 0 Å². The second-order valence-corrected chi connectivity index (χ2v) is 8.40. The summed E-state index contributed by atoms with van der Waals surface area (Å²) in [5, 5.41) is 3.06. The maximum atomic E-state index is 12.4. The summed E-state index contributed by atoms with van der Waals surface area (Å²) in [4.78, 5) is 25.9. The zero-order valence-corrected chi connectivity index (χ0v) is 15.3. The third-order valence-electron chi connectivity index (χ3n) is 6.75. The maximum Gasteiger partial charge on any atom is 0.224 e. The Balaban J connectivity index is 1.28. The van der Waals surface area contributed by atoms with Gasteiger partial charge in [-0.3, -0.25) is 9.59 Å². The number of nitrogens with zero attached hydrogens (tertiary/aromatic N) is 1. The lowest BCUT2D eigenvalue weighted by molar-refractivity contribution is -0.122. The van der Waals surface area contributed by atoms with Crippen LogP contribution in [-0.2, 0) is 9.59 Å². The largest absolute Gasteiger partial charge is 0.371 e. The van der Waals surface area contributed by atoms with Gasteiger partial charge >= 0.3 is 0 Å². The van der Waals surface area contributed by atoms with Gasteiger partial charge in [-0.25, -0.2) is 0 Å². The molecule has 1 aliphatic heterocycles. The molecule has 2 amide bonds. The van der Waals surface area contributed by atoms with Gasteiger partial charge in [-0.05, 0) is 74.1 Å². The van der Waals surface area contributed by atoms with E-state index in [0.717, 1.165) is 49.1 Å². The first-order valence-electron chi connectivity index (χ1n) is 10.0. The van der Waals surface area contributed by atoms with Crippen molar-refractivity contribution in [3.05, 3.63) is 24.3 Å². The molecule has 0 radical (unpaired) electrons. The number of primary amides is 1. The molecule has 2 aliphatic carbocycles. The van der Waals surface area contributed by atoms with E-state index in [2.05, 4.69) is 22.3 Å². The van der Waals surface area contributed by atoms with Gasteiger partial charge in [0.05, 0.1) is 0 Å². The molecule has 1 heterocycles. The van der Waals surface area contributed by atoms with Crippen LogP contribution in [-0.4, -0.2) is 24.9 Å².